The number of carbonyl (C=O) groups excluding carboxylic acids is 1. The van der Waals surface area contributed by atoms with Crippen LogP contribution in [-0.2, 0) is 0 Å². The van der Waals surface area contributed by atoms with Crippen molar-refractivity contribution in [2.75, 3.05) is 18.2 Å². The number of halogens is 1. The van der Waals surface area contributed by atoms with Crippen LogP contribution in [0.2, 0.25) is 0 Å². The molecular formula is C15H15FN2O2. The maximum atomic E-state index is 13.0. The van der Waals surface area contributed by atoms with E-state index in [1.54, 1.807) is 25.1 Å². The molecule has 0 aliphatic carbocycles. The Hall–Kier alpha value is -2.56. The number of hydrogen-bond acceptors (Lipinski definition) is 3. The van der Waals surface area contributed by atoms with E-state index in [2.05, 4.69) is 5.32 Å². The fourth-order valence-electron chi connectivity index (χ4n) is 1.89. The Morgan fingerprint density at radius 2 is 2.00 bits per heavy atom. The van der Waals surface area contributed by atoms with Crippen molar-refractivity contribution in [1.29, 1.82) is 0 Å². The highest BCUT2D eigenvalue weighted by Gasteiger charge is 2.10. The molecule has 0 aromatic heterocycles. The van der Waals surface area contributed by atoms with Crippen LogP contribution in [-0.4, -0.2) is 13.0 Å². The number of carbonyl (C=O) groups is 1. The molecule has 4 nitrogen and oxygen atoms in total. The van der Waals surface area contributed by atoms with E-state index in [0.29, 0.717) is 28.3 Å². The van der Waals surface area contributed by atoms with Crippen molar-refractivity contribution < 1.29 is 13.9 Å². The number of ether oxygens (including phenoxy) is 1. The van der Waals surface area contributed by atoms with Crippen LogP contribution in [0.1, 0.15) is 15.9 Å². The molecule has 3 N–H and O–H groups in total. The quantitative estimate of drug-likeness (QED) is 0.846. The number of aryl methyl sites for hydroxylation is 1. The van der Waals surface area contributed by atoms with Crippen molar-refractivity contribution in [3.8, 4) is 5.75 Å². The van der Waals surface area contributed by atoms with Gasteiger partial charge in [0.25, 0.3) is 5.91 Å². The van der Waals surface area contributed by atoms with Crippen molar-refractivity contribution in [3.63, 3.8) is 0 Å². The molecule has 0 aliphatic heterocycles. The molecule has 104 valence electrons. The van der Waals surface area contributed by atoms with Crippen LogP contribution in [0.3, 0.4) is 0 Å². The summed E-state index contributed by atoms with van der Waals surface area (Å²) in [4.78, 5) is 12.1. The Morgan fingerprint density at radius 3 is 2.60 bits per heavy atom. The number of methoxy groups -OCH3 is 1. The molecule has 0 heterocycles. The number of nitrogens with one attached hydrogen (secondary N) is 1. The standard InChI is InChI=1S/C15H15FN2O2/c1-9-7-10(16)3-5-12(9)15(19)18-11-4-6-14(20-2)13(17)8-11/h3-8H,17H2,1-2H3,(H,18,19). The predicted molar refractivity (Wildman–Crippen MR) is 76.5 cm³/mol. The summed E-state index contributed by atoms with van der Waals surface area (Å²) in [7, 11) is 1.52. The van der Waals surface area contributed by atoms with Gasteiger partial charge in [0.1, 0.15) is 11.6 Å². The predicted octanol–water partition coefficient (Wildman–Crippen LogP) is 2.98. The number of rotatable bonds is 3. The third-order valence-corrected chi connectivity index (χ3v) is 2.92. The van der Waals surface area contributed by atoms with Gasteiger partial charge in [0.15, 0.2) is 0 Å². The van der Waals surface area contributed by atoms with Crippen LogP contribution >= 0.6 is 0 Å². The first-order chi connectivity index (χ1) is 9.51. The van der Waals surface area contributed by atoms with Gasteiger partial charge in [-0.3, -0.25) is 4.79 Å². The Balaban J connectivity index is 2.21. The molecule has 0 spiro atoms. The number of benzene rings is 2. The minimum Gasteiger partial charge on any atom is -0.495 e. The van der Waals surface area contributed by atoms with Crippen molar-refractivity contribution in [2.24, 2.45) is 0 Å². The van der Waals surface area contributed by atoms with E-state index >= 15 is 0 Å². The van der Waals surface area contributed by atoms with Crippen LogP contribution in [0.5, 0.6) is 5.75 Å². The van der Waals surface area contributed by atoms with Crippen LogP contribution in [0, 0.1) is 12.7 Å². The first-order valence-corrected chi connectivity index (χ1v) is 6.02. The Labute approximate surface area is 116 Å². The molecule has 2 aromatic rings. The van der Waals surface area contributed by atoms with Crippen LogP contribution in [0.4, 0.5) is 15.8 Å². The van der Waals surface area contributed by atoms with Gasteiger partial charge < -0.3 is 15.8 Å². The average molecular weight is 274 g/mol. The second-order valence-corrected chi connectivity index (χ2v) is 4.37. The van der Waals surface area contributed by atoms with E-state index in [1.807, 2.05) is 0 Å². The highest BCUT2D eigenvalue weighted by Crippen LogP contribution is 2.25. The number of anilines is 2. The molecule has 1 amide bonds. The second kappa shape index (κ2) is 5.61. The zero-order valence-electron chi connectivity index (χ0n) is 11.2. The molecular weight excluding hydrogens is 259 g/mol. The third-order valence-electron chi connectivity index (χ3n) is 2.92. The van der Waals surface area contributed by atoms with E-state index in [1.165, 1.54) is 25.3 Å². The Kier molecular flexibility index (Phi) is 3.89. The first-order valence-electron chi connectivity index (χ1n) is 6.02. The smallest absolute Gasteiger partial charge is 0.255 e. The summed E-state index contributed by atoms with van der Waals surface area (Å²) in [6, 6.07) is 8.98. The summed E-state index contributed by atoms with van der Waals surface area (Å²) in [6.07, 6.45) is 0. The van der Waals surface area contributed by atoms with Crippen molar-refractivity contribution in [3.05, 3.63) is 53.3 Å². The third kappa shape index (κ3) is 2.88. The summed E-state index contributed by atoms with van der Waals surface area (Å²) in [5.41, 5.74) is 7.75. The monoisotopic (exact) mass is 274 g/mol. The number of nitrogens with two attached hydrogens (primary N) is 1. The molecule has 5 heteroatoms. The molecule has 0 bridgehead atoms. The fourth-order valence-corrected chi connectivity index (χ4v) is 1.89. The molecule has 0 unspecified atom stereocenters. The lowest BCUT2D eigenvalue weighted by Gasteiger charge is -2.10. The van der Waals surface area contributed by atoms with Crippen LogP contribution in [0.15, 0.2) is 36.4 Å². The van der Waals surface area contributed by atoms with Crippen molar-refractivity contribution in [1.82, 2.24) is 0 Å². The van der Waals surface area contributed by atoms with Crippen LogP contribution < -0.4 is 15.8 Å². The Morgan fingerprint density at radius 1 is 1.25 bits per heavy atom. The topological polar surface area (TPSA) is 64.3 Å². The van der Waals surface area contributed by atoms with Crippen LogP contribution in [0.25, 0.3) is 0 Å². The molecule has 2 rings (SSSR count). The van der Waals surface area contributed by atoms with Gasteiger partial charge in [-0.25, -0.2) is 4.39 Å². The largest absolute Gasteiger partial charge is 0.495 e. The molecule has 20 heavy (non-hydrogen) atoms. The minimum atomic E-state index is -0.368. The van der Waals surface area contributed by atoms with E-state index < -0.39 is 0 Å². The molecule has 2 aromatic carbocycles. The van der Waals surface area contributed by atoms with Gasteiger partial charge in [-0.1, -0.05) is 0 Å². The summed E-state index contributed by atoms with van der Waals surface area (Å²) >= 11 is 0. The van der Waals surface area contributed by atoms with Gasteiger partial charge in [0.05, 0.1) is 12.8 Å². The van der Waals surface area contributed by atoms with Gasteiger partial charge in [-0.15, -0.1) is 0 Å². The first kappa shape index (κ1) is 13.9. The lowest BCUT2D eigenvalue weighted by atomic mass is 10.1. The number of nitrogen functional groups attached to an aromatic ring is 1. The van der Waals surface area contributed by atoms with Gasteiger partial charge in [-0.2, -0.15) is 0 Å². The zero-order valence-corrected chi connectivity index (χ0v) is 11.2. The number of hydrogen-bond donors (Lipinski definition) is 2. The minimum absolute atomic E-state index is 0.313. The molecule has 0 saturated heterocycles. The maximum Gasteiger partial charge on any atom is 0.255 e. The van der Waals surface area contributed by atoms with Crippen molar-refractivity contribution >= 4 is 17.3 Å². The second-order valence-electron chi connectivity index (χ2n) is 4.37. The summed E-state index contributed by atoms with van der Waals surface area (Å²) < 4.78 is 18.1. The zero-order chi connectivity index (χ0) is 14.7. The Bertz CT molecular complexity index is 656. The SMILES string of the molecule is COc1ccc(NC(=O)c2ccc(F)cc2C)cc1N. The highest BCUT2D eigenvalue weighted by atomic mass is 19.1. The van der Waals surface area contributed by atoms with Gasteiger partial charge in [0, 0.05) is 11.3 Å². The normalized spacial score (nSPS) is 10.2. The maximum absolute atomic E-state index is 13.0. The van der Waals surface area contributed by atoms with Gasteiger partial charge >= 0.3 is 0 Å². The average Bonchev–Trinajstić information content (AvgIpc) is 2.38. The summed E-state index contributed by atoms with van der Waals surface area (Å²) in [5.74, 6) is -0.138. The van der Waals surface area contributed by atoms with Gasteiger partial charge in [-0.05, 0) is 48.9 Å². The summed E-state index contributed by atoms with van der Waals surface area (Å²) in [6.45, 7) is 1.68. The lowest BCUT2D eigenvalue weighted by molar-refractivity contribution is 0.102. The molecule has 0 saturated carbocycles. The van der Waals surface area contributed by atoms with Gasteiger partial charge in [0.2, 0.25) is 0 Å². The van der Waals surface area contributed by atoms with E-state index in [-0.39, 0.29) is 11.7 Å². The van der Waals surface area contributed by atoms with E-state index in [0.717, 1.165) is 0 Å². The number of amides is 1. The summed E-state index contributed by atoms with van der Waals surface area (Å²) in [5, 5.41) is 2.71. The van der Waals surface area contributed by atoms with E-state index in [4.69, 9.17) is 10.5 Å². The molecule has 0 fully saturated rings. The molecule has 0 atom stereocenters. The fraction of sp³-hybridized carbons (Fsp3) is 0.133. The van der Waals surface area contributed by atoms with E-state index in [9.17, 15) is 9.18 Å². The lowest BCUT2D eigenvalue weighted by Crippen LogP contribution is -2.13. The molecule has 0 radical (unpaired) electrons. The molecule has 0 aliphatic rings. The highest BCUT2D eigenvalue weighted by molar-refractivity contribution is 6.05. The van der Waals surface area contributed by atoms with Crippen molar-refractivity contribution in [2.45, 2.75) is 6.92 Å².